The average Bonchev–Trinajstić information content (AvgIpc) is 3.47. The van der Waals surface area contributed by atoms with Crippen molar-refractivity contribution in [2.45, 2.75) is 16.3 Å². The van der Waals surface area contributed by atoms with Crippen molar-refractivity contribution in [2.75, 3.05) is 24.7 Å². The Hall–Kier alpha value is -3.74. The van der Waals surface area contributed by atoms with Gasteiger partial charge in [-0.15, -0.1) is 0 Å². The van der Waals surface area contributed by atoms with Crippen LogP contribution in [0.25, 0.3) is 10.8 Å². The van der Waals surface area contributed by atoms with Gasteiger partial charge in [-0.2, -0.15) is 9.38 Å². The maximum absolute atomic E-state index is 14.0. The normalized spacial score (nSPS) is 27.6. The molecule has 1 N–H and O–H groups in total. The molecule has 0 aromatic heterocycles. The third-order valence-corrected chi connectivity index (χ3v) is 9.40. The number of anilines is 1. The first kappa shape index (κ1) is 21.8. The molecule has 12 heteroatoms. The number of carbonyl (C=O) groups excluding carboxylic acids is 2. The van der Waals surface area contributed by atoms with Gasteiger partial charge in [-0.3, -0.25) is 4.79 Å². The highest BCUT2D eigenvalue weighted by Crippen LogP contribution is 2.47. The monoisotopic (exact) mass is 498 g/mol. The van der Waals surface area contributed by atoms with Crippen LogP contribution in [0.3, 0.4) is 0 Å². The van der Waals surface area contributed by atoms with Gasteiger partial charge in [0.1, 0.15) is 12.5 Å². The van der Waals surface area contributed by atoms with Gasteiger partial charge in [-0.25, -0.2) is 27.7 Å². The quantitative estimate of drug-likeness (QED) is 0.254. The van der Waals surface area contributed by atoms with Crippen molar-refractivity contribution in [1.29, 1.82) is 0 Å². The van der Waals surface area contributed by atoms with E-state index in [0.717, 1.165) is 29.2 Å². The van der Waals surface area contributed by atoms with Gasteiger partial charge < -0.3 is 0 Å². The number of hydrogen-bond donors (Lipinski definition) is 1. The summed E-state index contributed by atoms with van der Waals surface area (Å²) in [4.78, 5) is 41.6. The summed E-state index contributed by atoms with van der Waals surface area (Å²) in [6, 6.07) is 12.0. The van der Waals surface area contributed by atoms with Crippen LogP contribution in [0.15, 0.2) is 65.6 Å². The number of fused-ring (bicyclic) bond motifs is 2. The molecule has 3 heterocycles. The summed E-state index contributed by atoms with van der Waals surface area (Å²) in [5, 5.41) is 8.96. The number of rotatable bonds is 4. The second-order valence-electron chi connectivity index (χ2n) is 8.96. The number of hydrogen-bond acceptors (Lipinski definition) is 6. The van der Waals surface area contributed by atoms with Crippen LogP contribution >= 0.6 is 0 Å². The van der Waals surface area contributed by atoms with Crippen LogP contribution in [-0.2, 0) is 14.6 Å². The Morgan fingerprint density at radius 1 is 0.971 bits per heavy atom. The molecule has 3 unspecified atom stereocenters. The molecule has 3 fully saturated rings. The highest BCUT2D eigenvalue weighted by molar-refractivity contribution is 7.92. The summed E-state index contributed by atoms with van der Waals surface area (Å²) in [6.45, 7) is 0.369. The van der Waals surface area contributed by atoms with Crippen LogP contribution in [0.2, 0.25) is 0 Å². The van der Waals surface area contributed by atoms with E-state index in [1.54, 1.807) is 29.2 Å². The molecule has 1 spiro atoms. The molecule has 0 saturated carbocycles. The summed E-state index contributed by atoms with van der Waals surface area (Å²) in [5.41, 5.74) is 0.152. The molecule has 3 aliphatic heterocycles. The van der Waals surface area contributed by atoms with Crippen molar-refractivity contribution in [2.24, 2.45) is 0 Å². The lowest BCUT2D eigenvalue weighted by molar-refractivity contribution is -0.848. The fourth-order valence-corrected chi connectivity index (χ4v) is 7.70. The van der Waals surface area contributed by atoms with Crippen molar-refractivity contribution in [1.82, 2.24) is 4.90 Å². The predicted molar refractivity (Wildman–Crippen MR) is 120 cm³/mol. The van der Waals surface area contributed by atoms with E-state index in [-0.39, 0.29) is 41.0 Å². The van der Waals surface area contributed by atoms with E-state index in [4.69, 9.17) is 0 Å². The van der Waals surface area contributed by atoms with Crippen LogP contribution < -0.4 is 4.90 Å². The SMILES string of the molecule is O=C1C2C[N@]3CC(S(=O)(=O)c4ccc(F)cc4)[N+]2(C3)C(=O)N1c1ccc([N+](=O)O)c2ccccc12. The van der Waals surface area contributed by atoms with Crippen LogP contribution in [0.5, 0.6) is 0 Å². The fourth-order valence-electron chi connectivity index (χ4n) is 5.67. The zero-order chi connectivity index (χ0) is 24.7. The number of quaternary nitrogens is 1. The van der Waals surface area contributed by atoms with Crippen molar-refractivity contribution in [3.63, 3.8) is 0 Å². The van der Waals surface area contributed by atoms with Crippen molar-refractivity contribution >= 4 is 43.9 Å². The van der Waals surface area contributed by atoms with E-state index in [0.29, 0.717) is 10.8 Å². The summed E-state index contributed by atoms with van der Waals surface area (Å²) in [6.07, 6.45) is 0. The molecule has 3 aromatic rings. The van der Waals surface area contributed by atoms with Crippen molar-refractivity contribution < 1.29 is 37.0 Å². The minimum absolute atomic E-state index is 0.0555. The standard InChI is InChI=1S/C23H19FN4O6S/c24-14-5-7-15(8-6-14)35(33,34)21-12-25-11-20-22(29)26(23(30)28(20,21)13-25)18-9-10-19(27(31)32)17-4-2-1-3-16(17)18/h1-10,20-21H,11-13H2,(H,31,32)/q+2. The van der Waals surface area contributed by atoms with Gasteiger partial charge >= 0.3 is 11.7 Å². The number of nitrogens with zero attached hydrogens (tertiary/aromatic N) is 4. The molecule has 3 aromatic carbocycles. The molecular weight excluding hydrogens is 479 g/mol. The second-order valence-corrected chi connectivity index (χ2v) is 11.1. The summed E-state index contributed by atoms with van der Waals surface area (Å²) >= 11 is 0. The van der Waals surface area contributed by atoms with Gasteiger partial charge in [0, 0.05) is 11.5 Å². The molecule has 0 aliphatic carbocycles. The first-order valence-electron chi connectivity index (χ1n) is 10.8. The molecular formula is C23H19FN4O6S+2. The van der Waals surface area contributed by atoms with Gasteiger partial charge in [0.05, 0.1) is 34.0 Å². The lowest BCUT2D eigenvalue weighted by Crippen LogP contribution is -2.62. The summed E-state index contributed by atoms with van der Waals surface area (Å²) in [5.74, 6) is -1.11. The van der Waals surface area contributed by atoms with E-state index in [1.165, 1.54) is 12.1 Å². The number of benzene rings is 3. The summed E-state index contributed by atoms with van der Waals surface area (Å²) in [7, 11) is -4.09. The largest absolute Gasteiger partial charge is 0.433 e. The zero-order valence-electron chi connectivity index (χ0n) is 18.1. The molecule has 178 valence electrons. The Labute approximate surface area is 198 Å². The number of amides is 3. The lowest BCUT2D eigenvalue weighted by atomic mass is 10.1. The lowest BCUT2D eigenvalue weighted by Gasteiger charge is -2.33. The minimum atomic E-state index is -4.09. The van der Waals surface area contributed by atoms with E-state index < -0.39 is 43.5 Å². The first-order valence-corrected chi connectivity index (χ1v) is 12.4. The van der Waals surface area contributed by atoms with Gasteiger partial charge in [0.15, 0.2) is 6.04 Å². The predicted octanol–water partition coefficient (Wildman–Crippen LogP) is 2.52. The van der Waals surface area contributed by atoms with Gasteiger partial charge in [-0.05, 0) is 36.4 Å². The minimum Gasteiger partial charge on any atom is -0.267 e. The topological polar surface area (TPSA) is 115 Å². The number of carbonyl (C=O) groups is 2. The molecule has 2 bridgehead atoms. The number of urea groups is 1. The average molecular weight is 498 g/mol. The molecule has 3 aliphatic rings. The number of sulfone groups is 1. The number of piperazine rings is 1. The molecule has 10 nitrogen and oxygen atoms in total. The molecule has 4 atom stereocenters. The molecule has 3 amide bonds. The Kier molecular flexibility index (Phi) is 4.44. The number of imide groups is 1. The van der Waals surface area contributed by atoms with Crippen molar-refractivity contribution in [3.8, 4) is 0 Å². The zero-order valence-corrected chi connectivity index (χ0v) is 18.9. The van der Waals surface area contributed by atoms with Crippen LogP contribution in [0, 0.1) is 10.7 Å². The van der Waals surface area contributed by atoms with Crippen LogP contribution in [0.4, 0.5) is 20.6 Å². The van der Waals surface area contributed by atoms with E-state index in [1.807, 2.05) is 0 Å². The Balaban J connectivity index is 1.49. The van der Waals surface area contributed by atoms with Gasteiger partial charge in [-0.1, -0.05) is 18.2 Å². The van der Waals surface area contributed by atoms with Crippen molar-refractivity contribution in [3.05, 3.63) is 71.4 Å². The second kappa shape index (κ2) is 7.13. The molecule has 0 radical (unpaired) electrons. The first-order chi connectivity index (χ1) is 16.7. The third kappa shape index (κ3) is 2.78. The smallest absolute Gasteiger partial charge is 0.267 e. The van der Waals surface area contributed by atoms with Gasteiger partial charge in [0.25, 0.3) is 10.8 Å². The highest BCUT2D eigenvalue weighted by Gasteiger charge is 2.75. The number of halogens is 1. The van der Waals surface area contributed by atoms with E-state index in [9.17, 15) is 32.5 Å². The third-order valence-electron chi connectivity index (χ3n) is 7.23. The fraction of sp³-hybridized carbons (Fsp3) is 0.217. The van der Waals surface area contributed by atoms with E-state index >= 15 is 0 Å². The Morgan fingerprint density at radius 2 is 1.66 bits per heavy atom. The van der Waals surface area contributed by atoms with Crippen LogP contribution in [-0.4, -0.2) is 71.0 Å². The maximum atomic E-state index is 14.0. The Bertz CT molecular complexity index is 1560. The maximum Gasteiger partial charge on any atom is 0.433 e. The summed E-state index contributed by atoms with van der Waals surface area (Å²) < 4.78 is 40.0. The molecule has 35 heavy (non-hydrogen) atoms. The van der Waals surface area contributed by atoms with Gasteiger partial charge in [0.2, 0.25) is 15.2 Å². The highest BCUT2D eigenvalue weighted by atomic mass is 32.2. The van der Waals surface area contributed by atoms with E-state index in [2.05, 4.69) is 0 Å². The van der Waals surface area contributed by atoms with Crippen LogP contribution in [0.1, 0.15) is 0 Å². The Morgan fingerprint density at radius 3 is 2.34 bits per heavy atom. The molecule has 3 saturated heterocycles. The molecule has 6 rings (SSSR count).